The third-order valence-electron chi connectivity index (χ3n) is 1.94. The summed E-state index contributed by atoms with van der Waals surface area (Å²) in [5, 5.41) is 12.7. The van der Waals surface area contributed by atoms with E-state index in [4.69, 9.17) is 4.74 Å². The largest absolute Gasteiger partial charge is 0.350 e. The molecule has 0 aliphatic carbocycles. The van der Waals surface area contributed by atoms with Crippen LogP contribution < -0.4 is 5.32 Å². The molecule has 2 rings (SSSR count). The fraction of sp³-hybridized carbons (Fsp3) is 0.333. The summed E-state index contributed by atoms with van der Waals surface area (Å²) in [5.41, 5.74) is 0.752. The van der Waals surface area contributed by atoms with Gasteiger partial charge in [-0.05, 0) is 0 Å². The molecule has 1 saturated heterocycles. The predicted molar refractivity (Wildman–Crippen MR) is 44.3 cm³/mol. The van der Waals surface area contributed by atoms with Gasteiger partial charge < -0.3 is 9.84 Å². The molecule has 1 aliphatic heterocycles. The summed E-state index contributed by atoms with van der Waals surface area (Å²) in [7, 11) is 0. The first-order chi connectivity index (χ1) is 5.81. The zero-order valence-electron chi connectivity index (χ0n) is 6.66. The Morgan fingerprint density at radius 1 is 1.33 bits per heavy atom. The fourth-order valence-corrected chi connectivity index (χ4v) is 1.32. The lowest BCUT2D eigenvalue weighted by Gasteiger charge is -2.21. The van der Waals surface area contributed by atoms with Crippen LogP contribution in [0.4, 0.5) is 0 Å². The van der Waals surface area contributed by atoms with Crippen molar-refractivity contribution in [1.82, 2.24) is 5.32 Å². The van der Waals surface area contributed by atoms with E-state index in [0.29, 0.717) is 13.2 Å². The molecule has 12 heavy (non-hydrogen) atoms. The van der Waals surface area contributed by atoms with Crippen LogP contribution in [0.15, 0.2) is 30.3 Å². The monoisotopic (exact) mass is 165 g/mol. The minimum absolute atomic E-state index is 0.547. The van der Waals surface area contributed by atoms with Gasteiger partial charge in [-0.1, -0.05) is 30.3 Å². The van der Waals surface area contributed by atoms with Gasteiger partial charge in [-0.15, -0.1) is 0 Å². The number of nitrogens with one attached hydrogen (secondary N) is 1. The Bertz CT molecular complexity index is 254. The van der Waals surface area contributed by atoms with E-state index in [0.717, 1.165) is 5.56 Å². The van der Waals surface area contributed by atoms with Gasteiger partial charge in [0, 0.05) is 12.1 Å². The summed E-state index contributed by atoms with van der Waals surface area (Å²) < 4.78 is 5.17. The molecule has 0 saturated carbocycles. The number of hydrogen-bond acceptors (Lipinski definition) is 3. The van der Waals surface area contributed by atoms with Crippen molar-refractivity contribution >= 4 is 0 Å². The van der Waals surface area contributed by atoms with Gasteiger partial charge in [0.2, 0.25) is 0 Å². The lowest BCUT2D eigenvalue weighted by molar-refractivity contribution is -0.194. The second-order valence-electron chi connectivity index (χ2n) is 2.79. The van der Waals surface area contributed by atoms with Gasteiger partial charge >= 0.3 is 0 Å². The van der Waals surface area contributed by atoms with Gasteiger partial charge in [0.15, 0.2) is 0 Å². The molecule has 1 fully saturated rings. The van der Waals surface area contributed by atoms with Crippen LogP contribution in [0.3, 0.4) is 0 Å². The van der Waals surface area contributed by atoms with E-state index in [1.165, 1.54) is 0 Å². The highest BCUT2D eigenvalue weighted by molar-refractivity contribution is 5.19. The van der Waals surface area contributed by atoms with Gasteiger partial charge in [-0.2, -0.15) is 0 Å². The van der Waals surface area contributed by atoms with Crippen LogP contribution in [0.2, 0.25) is 0 Å². The summed E-state index contributed by atoms with van der Waals surface area (Å²) in [6, 6.07) is 9.31. The van der Waals surface area contributed by atoms with E-state index >= 15 is 0 Å². The maximum absolute atomic E-state index is 9.83. The Balaban J connectivity index is 2.29. The number of ether oxygens (including phenoxy) is 1. The molecule has 1 aromatic carbocycles. The van der Waals surface area contributed by atoms with Gasteiger partial charge in [0.1, 0.15) is 0 Å². The zero-order valence-corrected chi connectivity index (χ0v) is 6.66. The summed E-state index contributed by atoms with van der Waals surface area (Å²) in [5.74, 6) is -1.26. The van der Waals surface area contributed by atoms with E-state index in [1.54, 1.807) is 0 Å². The second-order valence-corrected chi connectivity index (χ2v) is 2.79. The summed E-state index contributed by atoms with van der Waals surface area (Å²) in [4.78, 5) is 0. The molecule has 0 amide bonds. The van der Waals surface area contributed by atoms with Crippen molar-refractivity contribution in [3.63, 3.8) is 0 Å². The molecule has 1 unspecified atom stereocenters. The second kappa shape index (κ2) is 2.86. The summed E-state index contributed by atoms with van der Waals surface area (Å²) in [6.07, 6.45) is 0. The van der Waals surface area contributed by atoms with Crippen LogP contribution in [-0.4, -0.2) is 18.3 Å². The van der Waals surface area contributed by atoms with Crippen molar-refractivity contribution in [3.05, 3.63) is 35.9 Å². The van der Waals surface area contributed by atoms with Crippen molar-refractivity contribution in [2.24, 2.45) is 0 Å². The molecule has 0 radical (unpaired) electrons. The topological polar surface area (TPSA) is 41.5 Å². The summed E-state index contributed by atoms with van der Waals surface area (Å²) >= 11 is 0. The van der Waals surface area contributed by atoms with E-state index in [-0.39, 0.29) is 0 Å². The molecule has 0 aromatic heterocycles. The quantitative estimate of drug-likeness (QED) is 0.633. The maximum atomic E-state index is 9.83. The molecule has 2 N–H and O–H groups in total. The number of hydrogen-bond donors (Lipinski definition) is 2. The first kappa shape index (κ1) is 7.73. The summed E-state index contributed by atoms with van der Waals surface area (Å²) in [6.45, 7) is 1.23. The van der Waals surface area contributed by atoms with Crippen molar-refractivity contribution in [1.29, 1.82) is 0 Å². The average Bonchev–Trinajstić information content (AvgIpc) is 2.55. The Labute approximate surface area is 71.0 Å². The van der Waals surface area contributed by atoms with E-state index < -0.39 is 5.91 Å². The number of benzene rings is 1. The fourth-order valence-electron chi connectivity index (χ4n) is 1.32. The molecule has 1 aromatic rings. The molecule has 1 atom stereocenters. The maximum Gasteiger partial charge on any atom is 0.253 e. The highest BCUT2D eigenvalue weighted by Crippen LogP contribution is 2.21. The lowest BCUT2D eigenvalue weighted by Crippen LogP contribution is -2.37. The normalized spacial score (nSPS) is 29.1. The van der Waals surface area contributed by atoms with Gasteiger partial charge in [0.05, 0.1) is 6.61 Å². The first-order valence-corrected chi connectivity index (χ1v) is 3.98. The van der Waals surface area contributed by atoms with E-state index in [1.807, 2.05) is 30.3 Å². The Morgan fingerprint density at radius 2 is 2.08 bits per heavy atom. The van der Waals surface area contributed by atoms with E-state index in [2.05, 4.69) is 5.32 Å². The van der Waals surface area contributed by atoms with Crippen LogP contribution in [0.25, 0.3) is 0 Å². The molecular weight excluding hydrogens is 154 g/mol. The third kappa shape index (κ3) is 1.22. The van der Waals surface area contributed by atoms with Gasteiger partial charge in [-0.3, -0.25) is 5.32 Å². The lowest BCUT2D eigenvalue weighted by atomic mass is 10.2. The van der Waals surface area contributed by atoms with Crippen molar-refractivity contribution in [2.45, 2.75) is 5.91 Å². The Kier molecular flexibility index (Phi) is 1.84. The highest BCUT2D eigenvalue weighted by atomic mass is 16.7. The van der Waals surface area contributed by atoms with Crippen molar-refractivity contribution < 1.29 is 9.84 Å². The molecule has 3 nitrogen and oxygen atoms in total. The minimum atomic E-state index is -1.26. The van der Waals surface area contributed by atoms with Crippen molar-refractivity contribution in [2.75, 3.05) is 13.2 Å². The van der Waals surface area contributed by atoms with Gasteiger partial charge in [0.25, 0.3) is 5.91 Å². The molecular formula is C9H11NO2. The number of aliphatic hydroxyl groups is 1. The van der Waals surface area contributed by atoms with Crippen LogP contribution >= 0.6 is 0 Å². The predicted octanol–water partition coefficient (Wildman–Crippen LogP) is 0.409. The van der Waals surface area contributed by atoms with Crippen LogP contribution in [0.1, 0.15) is 5.56 Å². The molecule has 1 heterocycles. The minimum Gasteiger partial charge on any atom is -0.350 e. The molecule has 3 heteroatoms. The van der Waals surface area contributed by atoms with Crippen molar-refractivity contribution in [3.8, 4) is 0 Å². The highest BCUT2D eigenvalue weighted by Gasteiger charge is 2.33. The Morgan fingerprint density at radius 3 is 2.67 bits per heavy atom. The third-order valence-corrected chi connectivity index (χ3v) is 1.94. The van der Waals surface area contributed by atoms with E-state index in [9.17, 15) is 5.11 Å². The van der Waals surface area contributed by atoms with Crippen LogP contribution in [0, 0.1) is 0 Å². The number of rotatable bonds is 1. The average molecular weight is 165 g/mol. The zero-order chi connectivity index (χ0) is 8.44. The molecule has 1 aliphatic rings. The van der Waals surface area contributed by atoms with Crippen LogP contribution in [0.5, 0.6) is 0 Å². The standard InChI is InChI=1S/C9H11NO2/c11-9(10-6-7-12-9)8-4-2-1-3-5-8/h1-5,10-11H,6-7H2. The Hall–Kier alpha value is -0.900. The SMILES string of the molecule is OC1(c2ccccc2)NCCO1. The smallest absolute Gasteiger partial charge is 0.253 e. The molecule has 0 spiro atoms. The molecule has 0 bridgehead atoms. The van der Waals surface area contributed by atoms with Gasteiger partial charge in [-0.25, -0.2) is 0 Å². The molecule has 64 valence electrons. The first-order valence-electron chi connectivity index (χ1n) is 3.98. The van der Waals surface area contributed by atoms with Crippen LogP contribution in [-0.2, 0) is 10.6 Å².